The van der Waals surface area contributed by atoms with Crippen molar-refractivity contribution in [1.82, 2.24) is 5.32 Å². The van der Waals surface area contributed by atoms with Crippen molar-refractivity contribution >= 4 is 15.9 Å². The first-order valence-corrected chi connectivity index (χ1v) is 6.73. The second-order valence-corrected chi connectivity index (χ2v) is 5.24. The average molecular weight is 302 g/mol. The Balaban J connectivity index is 2.09. The summed E-state index contributed by atoms with van der Waals surface area (Å²) in [5.41, 5.74) is 0.986. The normalized spacial score (nSPS) is 21.7. The summed E-state index contributed by atoms with van der Waals surface area (Å²) in [6.07, 6.45) is 3.22. The van der Waals surface area contributed by atoms with E-state index in [4.69, 9.17) is 4.74 Å². The summed E-state index contributed by atoms with van der Waals surface area (Å²) >= 11 is 3.46. The summed E-state index contributed by atoms with van der Waals surface area (Å²) in [6.45, 7) is 0.840. The molecule has 2 unspecified atom stereocenters. The molecule has 0 bridgehead atoms. The zero-order valence-electron chi connectivity index (χ0n) is 9.88. The number of hydrogen-bond acceptors (Lipinski definition) is 2. The summed E-state index contributed by atoms with van der Waals surface area (Å²) in [6, 6.07) is 5.06. The van der Waals surface area contributed by atoms with Crippen molar-refractivity contribution in [2.75, 3.05) is 13.7 Å². The van der Waals surface area contributed by atoms with Gasteiger partial charge < -0.3 is 10.1 Å². The maximum Gasteiger partial charge on any atom is 0.123 e. The third-order valence-corrected chi connectivity index (χ3v) is 4.01. The Hall–Kier alpha value is -0.450. The molecule has 1 aromatic carbocycles. The second kappa shape index (κ2) is 5.94. The van der Waals surface area contributed by atoms with Crippen molar-refractivity contribution in [3.05, 3.63) is 34.1 Å². The maximum atomic E-state index is 13.2. The number of hydrogen-bond donors (Lipinski definition) is 1. The third kappa shape index (κ3) is 3.27. The molecule has 1 heterocycles. The Kier molecular flexibility index (Phi) is 4.54. The number of rotatable bonds is 4. The molecule has 1 aliphatic rings. The van der Waals surface area contributed by atoms with Gasteiger partial charge in [-0.25, -0.2) is 4.39 Å². The standard InChI is InChI=1S/C13H17BrFNO/c1-16-12(13-3-2-6-17-13)8-9-7-10(15)4-5-11(9)14/h4-5,7,12-13,16H,2-3,6,8H2,1H3. The largest absolute Gasteiger partial charge is 0.377 e. The smallest absolute Gasteiger partial charge is 0.123 e. The van der Waals surface area contributed by atoms with E-state index in [0.29, 0.717) is 0 Å². The molecule has 2 nitrogen and oxygen atoms in total. The van der Waals surface area contributed by atoms with Gasteiger partial charge in [-0.05, 0) is 50.1 Å². The molecule has 2 rings (SSSR count). The van der Waals surface area contributed by atoms with Gasteiger partial charge in [0.15, 0.2) is 0 Å². The van der Waals surface area contributed by atoms with Gasteiger partial charge in [0, 0.05) is 17.1 Å². The molecule has 0 aliphatic carbocycles. The number of nitrogens with one attached hydrogen (secondary N) is 1. The molecule has 1 aromatic rings. The molecule has 0 radical (unpaired) electrons. The highest BCUT2D eigenvalue weighted by Gasteiger charge is 2.25. The van der Waals surface area contributed by atoms with Gasteiger partial charge in [-0.2, -0.15) is 0 Å². The van der Waals surface area contributed by atoms with Crippen LogP contribution < -0.4 is 5.32 Å². The van der Waals surface area contributed by atoms with Gasteiger partial charge in [0.2, 0.25) is 0 Å². The molecular formula is C13H17BrFNO. The Morgan fingerprint density at radius 1 is 1.59 bits per heavy atom. The molecule has 94 valence electrons. The quantitative estimate of drug-likeness (QED) is 0.923. The zero-order chi connectivity index (χ0) is 12.3. The fraction of sp³-hybridized carbons (Fsp3) is 0.538. The summed E-state index contributed by atoms with van der Waals surface area (Å²) in [4.78, 5) is 0. The van der Waals surface area contributed by atoms with E-state index in [1.165, 1.54) is 6.07 Å². The fourth-order valence-electron chi connectivity index (χ4n) is 2.28. The first-order chi connectivity index (χ1) is 8.20. The molecule has 1 N–H and O–H groups in total. The van der Waals surface area contributed by atoms with Crippen LogP contribution >= 0.6 is 15.9 Å². The van der Waals surface area contributed by atoms with Gasteiger partial charge in [-0.3, -0.25) is 0 Å². The van der Waals surface area contributed by atoms with Gasteiger partial charge in [0.05, 0.1) is 6.10 Å². The minimum Gasteiger partial charge on any atom is -0.377 e. The van der Waals surface area contributed by atoms with Crippen LogP contribution in [-0.2, 0) is 11.2 Å². The Labute approximate surface area is 110 Å². The highest BCUT2D eigenvalue weighted by atomic mass is 79.9. The number of likely N-dealkylation sites (N-methyl/N-ethyl adjacent to an activating group) is 1. The highest BCUT2D eigenvalue weighted by molar-refractivity contribution is 9.10. The molecule has 0 spiro atoms. The van der Waals surface area contributed by atoms with Crippen LogP contribution in [0.5, 0.6) is 0 Å². The van der Waals surface area contributed by atoms with Crippen molar-refractivity contribution in [2.45, 2.75) is 31.4 Å². The van der Waals surface area contributed by atoms with Crippen LogP contribution in [0.1, 0.15) is 18.4 Å². The van der Waals surface area contributed by atoms with Gasteiger partial charge >= 0.3 is 0 Å². The van der Waals surface area contributed by atoms with Gasteiger partial charge in [0.25, 0.3) is 0 Å². The van der Waals surface area contributed by atoms with E-state index in [0.717, 1.165) is 35.9 Å². The number of benzene rings is 1. The van der Waals surface area contributed by atoms with Gasteiger partial charge in [0.1, 0.15) is 5.82 Å². The Morgan fingerprint density at radius 3 is 3.06 bits per heavy atom. The van der Waals surface area contributed by atoms with Crippen LogP contribution in [0, 0.1) is 5.82 Å². The van der Waals surface area contributed by atoms with Gasteiger partial charge in [-0.1, -0.05) is 15.9 Å². The van der Waals surface area contributed by atoms with Crippen LogP contribution in [0.4, 0.5) is 4.39 Å². The van der Waals surface area contributed by atoms with Crippen molar-refractivity contribution < 1.29 is 9.13 Å². The van der Waals surface area contributed by atoms with Crippen LogP contribution in [-0.4, -0.2) is 25.8 Å². The number of halogens is 2. The van der Waals surface area contributed by atoms with Gasteiger partial charge in [-0.15, -0.1) is 0 Å². The second-order valence-electron chi connectivity index (χ2n) is 4.39. The van der Waals surface area contributed by atoms with E-state index in [1.807, 2.05) is 7.05 Å². The lowest BCUT2D eigenvalue weighted by Gasteiger charge is -2.23. The summed E-state index contributed by atoms with van der Waals surface area (Å²) in [7, 11) is 1.93. The fourth-order valence-corrected chi connectivity index (χ4v) is 2.68. The summed E-state index contributed by atoms with van der Waals surface area (Å²) in [5.74, 6) is -0.189. The van der Waals surface area contributed by atoms with Crippen LogP contribution in [0.3, 0.4) is 0 Å². The van der Waals surface area contributed by atoms with Crippen molar-refractivity contribution in [1.29, 1.82) is 0 Å². The third-order valence-electron chi connectivity index (χ3n) is 3.23. The van der Waals surface area contributed by atoms with E-state index in [2.05, 4.69) is 21.2 Å². The Bertz CT molecular complexity index is 380. The van der Waals surface area contributed by atoms with E-state index in [1.54, 1.807) is 12.1 Å². The maximum absolute atomic E-state index is 13.2. The van der Waals surface area contributed by atoms with E-state index < -0.39 is 0 Å². The lowest BCUT2D eigenvalue weighted by Crippen LogP contribution is -2.39. The topological polar surface area (TPSA) is 21.3 Å². The molecule has 1 fully saturated rings. The van der Waals surface area contributed by atoms with Crippen LogP contribution in [0.15, 0.2) is 22.7 Å². The monoisotopic (exact) mass is 301 g/mol. The van der Waals surface area contributed by atoms with E-state index in [-0.39, 0.29) is 18.0 Å². The summed E-state index contributed by atoms with van der Waals surface area (Å²) in [5, 5.41) is 3.27. The minimum absolute atomic E-state index is 0.189. The predicted octanol–water partition coefficient (Wildman–Crippen LogP) is 2.90. The van der Waals surface area contributed by atoms with Crippen molar-refractivity contribution in [3.63, 3.8) is 0 Å². The summed E-state index contributed by atoms with van der Waals surface area (Å²) < 4.78 is 19.8. The molecule has 17 heavy (non-hydrogen) atoms. The molecular weight excluding hydrogens is 285 g/mol. The molecule has 0 aromatic heterocycles. The van der Waals surface area contributed by atoms with Crippen LogP contribution in [0.2, 0.25) is 0 Å². The first kappa shape index (κ1) is 13.0. The molecule has 0 amide bonds. The number of ether oxygens (including phenoxy) is 1. The molecule has 0 saturated carbocycles. The lowest BCUT2D eigenvalue weighted by atomic mass is 9.99. The first-order valence-electron chi connectivity index (χ1n) is 5.93. The zero-order valence-corrected chi connectivity index (χ0v) is 11.5. The SMILES string of the molecule is CNC(Cc1cc(F)ccc1Br)C1CCCO1. The molecule has 1 saturated heterocycles. The van der Waals surface area contributed by atoms with Crippen molar-refractivity contribution in [3.8, 4) is 0 Å². The molecule has 2 atom stereocenters. The Morgan fingerprint density at radius 2 is 2.41 bits per heavy atom. The minimum atomic E-state index is -0.189. The highest BCUT2D eigenvalue weighted by Crippen LogP contribution is 2.23. The van der Waals surface area contributed by atoms with E-state index in [9.17, 15) is 4.39 Å². The molecule has 4 heteroatoms. The molecule has 1 aliphatic heterocycles. The van der Waals surface area contributed by atoms with Crippen molar-refractivity contribution in [2.24, 2.45) is 0 Å². The lowest BCUT2D eigenvalue weighted by molar-refractivity contribution is 0.0808. The van der Waals surface area contributed by atoms with E-state index >= 15 is 0 Å². The average Bonchev–Trinajstić information content (AvgIpc) is 2.84. The predicted molar refractivity (Wildman–Crippen MR) is 69.6 cm³/mol. The van der Waals surface area contributed by atoms with Crippen LogP contribution in [0.25, 0.3) is 0 Å².